The van der Waals surface area contributed by atoms with Crippen molar-refractivity contribution in [2.24, 2.45) is 0 Å². The molecular weight excluding hydrogens is 355 g/mol. The molecule has 0 amide bonds. The first-order valence-corrected chi connectivity index (χ1v) is 8.31. The molecule has 0 spiro atoms. The summed E-state index contributed by atoms with van der Waals surface area (Å²) in [6.45, 7) is 0.411. The number of rotatable bonds is 6. The number of anilines is 1. The van der Waals surface area contributed by atoms with Gasteiger partial charge in [0.15, 0.2) is 0 Å². The van der Waals surface area contributed by atoms with Crippen molar-refractivity contribution in [3.05, 3.63) is 89.5 Å². The third-order valence-electron chi connectivity index (χ3n) is 3.97. The fraction of sp³-hybridized carbons (Fsp3) is 0.143. The largest absolute Gasteiger partial charge is 0.507 e. The van der Waals surface area contributed by atoms with Gasteiger partial charge in [0.25, 0.3) is 0 Å². The van der Waals surface area contributed by atoms with E-state index < -0.39 is 11.7 Å². The molecule has 27 heavy (non-hydrogen) atoms. The number of hydrogen-bond acceptors (Lipinski definition) is 3. The first-order valence-electron chi connectivity index (χ1n) is 8.31. The summed E-state index contributed by atoms with van der Waals surface area (Å²) in [5, 5.41) is 13.3. The Balaban J connectivity index is 1.61. The topological polar surface area (TPSA) is 41.5 Å². The summed E-state index contributed by atoms with van der Waals surface area (Å²) in [7, 11) is 0. The smallest absolute Gasteiger partial charge is 0.416 e. The summed E-state index contributed by atoms with van der Waals surface area (Å²) in [6, 6.07) is 19.4. The normalized spacial score (nSPS) is 11.2. The summed E-state index contributed by atoms with van der Waals surface area (Å²) in [5.74, 6) is 0.438. The van der Waals surface area contributed by atoms with Gasteiger partial charge in [-0.05, 0) is 42.0 Å². The van der Waals surface area contributed by atoms with E-state index in [9.17, 15) is 18.3 Å². The molecule has 140 valence electrons. The van der Waals surface area contributed by atoms with Gasteiger partial charge in [0, 0.05) is 23.9 Å². The highest BCUT2D eigenvalue weighted by molar-refractivity contribution is 5.46. The molecule has 3 rings (SSSR count). The molecule has 6 heteroatoms. The highest BCUT2D eigenvalue weighted by Crippen LogP contribution is 2.30. The van der Waals surface area contributed by atoms with E-state index in [2.05, 4.69) is 5.32 Å². The van der Waals surface area contributed by atoms with Crippen LogP contribution in [0.3, 0.4) is 0 Å². The molecule has 0 aromatic heterocycles. The van der Waals surface area contributed by atoms with E-state index in [1.54, 1.807) is 18.2 Å². The molecule has 0 bridgehead atoms. The molecule has 0 aliphatic heterocycles. The number of benzene rings is 3. The van der Waals surface area contributed by atoms with Crippen LogP contribution in [0, 0.1) is 0 Å². The molecule has 0 radical (unpaired) electrons. The highest BCUT2D eigenvalue weighted by atomic mass is 19.4. The Kier molecular flexibility index (Phi) is 5.54. The lowest BCUT2D eigenvalue weighted by molar-refractivity contribution is -0.137. The molecule has 3 nitrogen and oxygen atoms in total. The summed E-state index contributed by atoms with van der Waals surface area (Å²) in [6.07, 6.45) is -4.39. The Morgan fingerprint density at radius 3 is 2.37 bits per heavy atom. The van der Waals surface area contributed by atoms with E-state index in [4.69, 9.17) is 4.74 Å². The highest BCUT2D eigenvalue weighted by Gasteiger charge is 2.30. The molecule has 0 fully saturated rings. The van der Waals surface area contributed by atoms with Crippen molar-refractivity contribution in [2.45, 2.75) is 19.3 Å². The SMILES string of the molecule is Oc1cc(OCc2cccc(C(F)(F)F)c2)ccc1CNc1ccccc1. The van der Waals surface area contributed by atoms with Crippen molar-refractivity contribution < 1.29 is 23.0 Å². The first kappa shape index (κ1) is 18.6. The number of phenolic OH excluding ortho intramolecular Hbond substituents is 1. The second kappa shape index (κ2) is 8.03. The second-order valence-corrected chi connectivity index (χ2v) is 6.00. The van der Waals surface area contributed by atoms with Crippen molar-refractivity contribution in [1.29, 1.82) is 0 Å². The third-order valence-corrected chi connectivity index (χ3v) is 3.97. The van der Waals surface area contributed by atoms with Gasteiger partial charge in [-0.15, -0.1) is 0 Å². The van der Waals surface area contributed by atoms with Crippen LogP contribution in [0.2, 0.25) is 0 Å². The van der Waals surface area contributed by atoms with E-state index in [-0.39, 0.29) is 12.4 Å². The lowest BCUT2D eigenvalue weighted by Gasteiger charge is -2.12. The van der Waals surface area contributed by atoms with Crippen LogP contribution in [-0.4, -0.2) is 5.11 Å². The number of alkyl halides is 3. The molecule has 0 saturated carbocycles. The number of ether oxygens (including phenoxy) is 1. The zero-order valence-corrected chi connectivity index (χ0v) is 14.3. The van der Waals surface area contributed by atoms with Crippen molar-refractivity contribution >= 4 is 5.69 Å². The average Bonchev–Trinajstić information content (AvgIpc) is 2.66. The average molecular weight is 373 g/mol. The van der Waals surface area contributed by atoms with Gasteiger partial charge in [-0.2, -0.15) is 13.2 Å². The van der Waals surface area contributed by atoms with E-state index >= 15 is 0 Å². The van der Waals surface area contributed by atoms with E-state index in [1.807, 2.05) is 30.3 Å². The molecule has 2 N–H and O–H groups in total. The number of nitrogens with one attached hydrogen (secondary N) is 1. The Morgan fingerprint density at radius 1 is 0.889 bits per heavy atom. The number of hydrogen-bond donors (Lipinski definition) is 2. The minimum absolute atomic E-state index is 0.0228. The van der Waals surface area contributed by atoms with E-state index in [1.165, 1.54) is 12.1 Å². The molecule has 0 unspecified atom stereocenters. The molecular formula is C21H18F3NO2. The van der Waals surface area contributed by atoms with Crippen molar-refractivity contribution in [1.82, 2.24) is 0 Å². The zero-order chi connectivity index (χ0) is 19.3. The molecule has 0 aliphatic rings. The molecule has 0 heterocycles. The molecule has 0 atom stereocenters. The van der Waals surface area contributed by atoms with Crippen LogP contribution >= 0.6 is 0 Å². The fourth-order valence-electron chi connectivity index (χ4n) is 2.54. The Morgan fingerprint density at radius 2 is 1.67 bits per heavy atom. The van der Waals surface area contributed by atoms with Crippen LogP contribution in [0.5, 0.6) is 11.5 Å². The number of aromatic hydroxyl groups is 1. The fourth-order valence-corrected chi connectivity index (χ4v) is 2.54. The Bertz CT molecular complexity index is 895. The van der Waals surface area contributed by atoms with Gasteiger partial charge < -0.3 is 15.2 Å². The van der Waals surface area contributed by atoms with Gasteiger partial charge in [-0.25, -0.2) is 0 Å². The monoisotopic (exact) mass is 373 g/mol. The molecule has 0 aliphatic carbocycles. The van der Waals surface area contributed by atoms with Crippen LogP contribution in [0.4, 0.5) is 18.9 Å². The number of halogens is 3. The minimum atomic E-state index is -4.39. The first-order chi connectivity index (χ1) is 12.9. The summed E-state index contributed by atoms with van der Waals surface area (Å²) in [5.41, 5.74) is 1.31. The molecule has 3 aromatic carbocycles. The van der Waals surface area contributed by atoms with Gasteiger partial charge in [0.2, 0.25) is 0 Å². The van der Waals surface area contributed by atoms with E-state index in [0.717, 1.165) is 17.8 Å². The van der Waals surface area contributed by atoms with Gasteiger partial charge in [-0.3, -0.25) is 0 Å². The van der Waals surface area contributed by atoms with Crippen LogP contribution in [-0.2, 0) is 19.3 Å². The van der Waals surface area contributed by atoms with Crippen molar-refractivity contribution in [3.8, 4) is 11.5 Å². The third kappa shape index (κ3) is 5.17. The molecule has 3 aromatic rings. The van der Waals surface area contributed by atoms with Crippen LogP contribution in [0.25, 0.3) is 0 Å². The number of phenols is 1. The van der Waals surface area contributed by atoms with Gasteiger partial charge in [-0.1, -0.05) is 30.3 Å². The van der Waals surface area contributed by atoms with Gasteiger partial charge in [0.1, 0.15) is 18.1 Å². The lowest BCUT2D eigenvalue weighted by Crippen LogP contribution is -2.06. The standard InChI is InChI=1S/C21H18F3NO2/c22-21(23,24)17-6-4-5-15(11-17)14-27-19-10-9-16(20(26)12-19)13-25-18-7-2-1-3-8-18/h1-12,25-26H,13-14H2. The maximum absolute atomic E-state index is 12.7. The Hall–Kier alpha value is -3.15. The molecule has 0 saturated heterocycles. The van der Waals surface area contributed by atoms with Crippen LogP contribution < -0.4 is 10.1 Å². The van der Waals surface area contributed by atoms with Crippen LogP contribution in [0.15, 0.2) is 72.8 Å². The van der Waals surface area contributed by atoms with E-state index in [0.29, 0.717) is 23.4 Å². The second-order valence-electron chi connectivity index (χ2n) is 6.00. The maximum Gasteiger partial charge on any atom is 0.416 e. The van der Waals surface area contributed by atoms with Crippen molar-refractivity contribution in [3.63, 3.8) is 0 Å². The van der Waals surface area contributed by atoms with Gasteiger partial charge >= 0.3 is 6.18 Å². The minimum Gasteiger partial charge on any atom is -0.507 e. The summed E-state index contributed by atoms with van der Waals surface area (Å²) in [4.78, 5) is 0. The summed E-state index contributed by atoms with van der Waals surface area (Å²) < 4.78 is 43.7. The summed E-state index contributed by atoms with van der Waals surface area (Å²) >= 11 is 0. The Labute approximate surface area is 155 Å². The van der Waals surface area contributed by atoms with Crippen LogP contribution in [0.1, 0.15) is 16.7 Å². The van der Waals surface area contributed by atoms with Crippen molar-refractivity contribution in [2.75, 3.05) is 5.32 Å². The predicted molar refractivity (Wildman–Crippen MR) is 97.7 cm³/mol. The maximum atomic E-state index is 12.7. The number of para-hydroxylation sites is 1. The zero-order valence-electron chi connectivity index (χ0n) is 14.3. The van der Waals surface area contributed by atoms with Gasteiger partial charge in [0.05, 0.1) is 5.56 Å². The quantitative estimate of drug-likeness (QED) is 0.591. The lowest BCUT2D eigenvalue weighted by atomic mass is 10.1. The predicted octanol–water partition coefficient (Wildman–Crippen LogP) is 5.60.